The maximum Gasteiger partial charge on any atom is 0.270 e. The zero-order valence-corrected chi connectivity index (χ0v) is 13.4. The monoisotopic (exact) mass is 318 g/mol. The van der Waals surface area contributed by atoms with Crippen LogP contribution in [-0.2, 0) is 16.1 Å². The van der Waals surface area contributed by atoms with E-state index in [2.05, 4.69) is 0 Å². The second kappa shape index (κ2) is 7.78. The number of carbonyl (C=O) groups is 2. The summed E-state index contributed by atoms with van der Waals surface area (Å²) in [6.07, 6.45) is 3.99. The molecule has 0 bridgehead atoms. The van der Waals surface area contributed by atoms with E-state index in [4.69, 9.17) is 9.94 Å². The number of benzene rings is 1. The summed E-state index contributed by atoms with van der Waals surface area (Å²) in [7, 11) is 1.61. The molecule has 2 N–H and O–H groups in total. The molecule has 0 aromatic heterocycles. The Balaban J connectivity index is 2.17. The van der Waals surface area contributed by atoms with Gasteiger partial charge in [0, 0.05) is 19.0 Å². The number of amides is 2. The number of nitrogens with one attached hydrogen (secondary N) is 1. The number of hydroxylamine groups is 1. The summed E-state index contributed by atoms with van der Waals surface area (Å²) in [5.41, 5.74) is 3.17. The Labute approximate surface area is 135 Å². The van der Waals surface area contributed by atoms with Gasteiger partial charge in [0.1, 0.15) is 5.75 Å². The minimum Gasteiger partial charge on any atom is -0.497 e. The molecule has 0 heterocycles. The van der Waals surface area contributed by atoms with Gasteiger partial charge in [-0.2, -0.15) is 0 Å². The molecule has 0 radical (unpaired) electrons. The quantitative estimate of drug-likeness (QED) is 0.643. The average Bonchev–Trinajstić information content (AvgIpc) is 2.59. The van der Waals surface area contributed by atoms with E-state index in [0.717, 1.165) is 24.2 Å². The van der Waals surface area contributed by atoms with Gasteiger partial charge in [0.2, 0.25) is 5.91 Å². The van der Waals surface area contributed by atoms with Gasteiger partial charge in [-0.3, -0.25) is 14.8 Å². The van der Waals surface area contributed by atoms with E-state index in [0.29, 0.717) is 18.5 Å². The summed E-state index contributed by atoms with van der Waals surface area (Å²) in [5, 5.41) is 8.77. The van der Waals surface area contributed by atoms with Crippen LogP contribution in [0.1, 0.15) is 31.7 Å². The van der Waals surface area contributed by atoms with Crippen LogP contribution in [0.15, 0.2) is 35.9 Å². The van der Waals surface area contributed by atoms with Gasteiger partial charge < -0.3 is 9.64 Å². The summed E-state index contributed by atoms with van der Waals surface area (Å²) in [6.45, 7) is 1.99. The zero-order chi connectivity index (χ0) is 16.8. The van der Waals surface area contributed by atoms with Gasteiger partial charge in [-0.1, -0.05) is 18.2 Å². The summed E-state index contributed by atoms with van der Waals surface area (Å²) < 4.78 is 5.13. The molecule has 1 aromatic carbocycles. The lowest BCUT2D eigenvalue weighted by Gasteiger charge is -2.32. The van der Waals surface area contributed by atoms with Crippen LogP contribution < -0.4 is 10.2 Å². The molecule has 0 spiro atoms. The van der Waals surface area contributed by atoms with Gasteiger partial charge in [-0.25, -0.2) is 5.48 Å². The van der Waals surface area contributed by atoms with Crippen molar-refractivity contribution in [2.24, 2.45) is 0 Å². The van der Waals surface area contributed by atoms with Crippen LogP contribution in [0.2, 0.25) is 0 Å². The number of rotatable bonds is 5. The topological polar surface area (TPSA) is 78.9 Å². The van der Waals surface area contributed by atoms with E-state index >= 15 is 0 Å². The molecule has 1 unspecified atom stereocenters. The van der Waals surface area contributed by atoms with Gasteiger partial charge in [-0.15, -0.1) is 0 Å². The van der Waals surface area contributed by atoms with Crippen molar-refractivity contribution in [2.45, 2.75) is 38.8 Å². The molecule has 1 aliphatic rings. The van der Waals surface area contributed by atoms with E-state index in [1.165, 1.54) is 6.92 Å². The number of ether oxygens (including phenoxy) is 1. The first-order valence-electron chi connectivity index (χ1n) is 7.60. The van der Waals surface area contributed by atoms with Crippen molar-refractivity contribution in [3.63, 3.8) is 0 Å². The smallest absolute Gasteiger partial charge is 0.270 e. The molecule has 1 atom stereocenters. The number of hydrogen-bond acceptors (Lipinski definition) is 4. The van der Waals surface area contributed by atoms with Crippen molar-refractivity contribution >= 4 is 11.8 Å². The number of carbonyl (C=O) groups excluding carboxylic acids is 2. The zero-order valence-electron chi connectivity index (χ0n) is 13.4. The molecular formula is C17H22N2O4. The fraction of sp³-hybridized carbons (Fsp3) is 0.412. The highest BCUT2D eigenvalue weighted by Gasteiger charge is 2.25. The molecule has 1 aromatic rings. The van der Waals surface area contributed by atoms with E-state index in [9.17, 15) is 9.59 Å². The lowest BCUT2D eigenvalue weighted by Crippen LogP contribution is -2.39. The largest absolute Gasteiger partial charge is 0.497 e. The van der Waals surface area contributed by atoms with Crippen LogP contribution in [0.4, 0.5) is 0 Å². The third-order valence-electron chi connectivity index (χ3n) is 4.05. The van der Waals surface area contributed by atoms with Gasteiger partial charge in [0.15, 0.2) is 0 Å². The minimum atomic E-state index is -0.498. The molecule has 1 aliphatic carbocycles. The highest BCUT2D eigenvalue weighted by atomic mass is 16.5. The number of nitrogens with zero attached hydrogens (tertiary/aromatic N) is 1. The van der Waals surface area contributed by atoms with Crippen LogP contribution >= 0.6 is 0 Å². The Kier molecular flexibility index (Phi) is 5.76. The first-order chi connectivity index (χ1) is 11.0. The molecule has 6 nitrogen and oxygen atoms in total. The fourth-order valence-corrected chi connectivity index (χ4v) is 2.80. The molecule has 0 saturated carbocycles. The summed E-state index contributed by atoms with van der Waals surface area (Å²) in [4.78, 5) is 25.4. The maximum atomic E-state index is 12.0. The van der Waals surface area contributed by atoms with Crippen LogP contribution in [0.3, 0.4) is 0 Å². The highest BCUT2D eigenvalue weighted by molar-refractivity contribution is 5.92. The van der Waals surface area contributed by atoms with E-state index in [-0.39, 0.29) is 11.9 Å². The Morgan fingerprint density at radius 1 is 1.35 bits per heavy atom. The van der Waals surface area contributed by atoms with Gasteiger partial charge >= 0.3 is 0 Å². The van der Waals surface area contributed by atoms with Crippen molar-refractivity contribution in [1.82, 2.24) is 10.4 Å². The van der Waals surface area contributed by atoms with Crippen LogP contribution in [0.5, 0.6) is 5.75 Å². The molecule has 2 rings (SSSR count). The Morgan fingerprint density at radius 3 is 2.61 bits per heavy atom. The minimum absolute atomic E-state index is 0.0484. The predicted molar refractivity (Wildman–Crippen MR) is 84.9 cm³/mol. The third-order valence-corrected chi connectivity index (χ3v) is 4.05. The summed E-state index contributed by atoms with van der Waals surface area (Å²) >= 11 is 0. The first kappa shape index (κ1) is 17.0. The Hall–Kier alpha value is -2.34. The Morgan fingerprint density at radius 2 is 2.04 bits per heavy atom. The summed E-state index contributed by atoms with van der Waals surface area (Å²) in [6, 6.07) is 7.41. The summed E-state index contributed by atoms with van der Waals surface area (Å²) in [5.74, 6) is 0.220. The van der Waals surface area contributed by atoms with Crippen molar-refractivity contribution in [3.8, 4) is 5.75 Å². The number of hydrogen-bond donors (Lipinski definition) is 2. The van der Waals surface area contributed by atoms with Crippen LogP contribution in [0.25, 0.3) is 0 Å². The predicted octanol–water partition coefficient (Wildman–Crippen LogP) is 2.03. The average molecular weight is 318 g/mol. The molecule has 0 aliphatic heterocycles. The first-order valence-corrected chi connectivity index (χ1v) is 7.60. The second-order valence-corrected chi connectivity index (χ2v) is 5.59. The fourth-order valence-electron chi connectivity index (χ4n) is 2.80. The molecule has 0 fully saturated rings. The lowest BCUT2D eigenvalue weighted by atomic mass is 9.93. The second-order valence-electron chi connectivity index (χ2n) is 5.59. The van der Waals surface area contributed by atoms with Crippen molar-refractivity contribution in [2.75, 3.05) is 7.11 Å². The SMILES string of the molecule is COc1ccc(CN(C(C)=O)C2C=C(C(=O)NO)CCC2)cc1. The molecule has 23 heavy (non-hydrogen) atoms. The maximum absolute atomic E-state index is 12.0. The van der Waals surface area contributed by atoms with E-state index < -0.39 is 5.91 Å². The standard InChI is InChI=1S/C17H22N2O4/c1-12(20)19(11-13-6-8-16(23-2)9-7-13)15-5-3-4-14(10-15)17(21)18-22/h6-10,15,22H,3-5,11H2,1-2H3,(H,18,21). The van der Waals surface area contributed by atoms with Crippen LogP contribution in [0, 0.1) is 0 Å². The third kappa shape index (κ3) is 4.32. The Bertz CT molecular complexity index is 595. The van der Waals surface area contributed by atoms with Crippen molar-refractivity contribution in [1.29, 1.82) is 0 Å². The highest BCUT2D eigenvalue weighted by Crippen LogP contribution is 2.24. The van der Waals surface area contributed by atoms with Gasteiger partial charge in [0.05, 0.1) is 13.2 Å². The number of methoxy groups -OCH3 is 1. The molecule has 124 valence electrons. The van der Waals surface area contributed by atoms with Crippen LogP contribution in [-0.4, -0.2) is 35.1 Å². The lowest BCUT2D eigenvalue weighted by molar-refractivity contribution is -0.131. The van der Waals surface area contributed by atoms with E-state index in [1.807, 2.05) is 24.3 Å². The normalized spacial score (nSPS) is 17.2. The van der Waals surface area contributed by atoms with E-state index in [1.54, 1.807) is 23.6 Å². The molecular weight excluding hydrogens is 296 g/mol. The molecule has 0 saturated heterocycles. The van der Waals surface area contributed by atoms with Crippen molar-refractivity contribution < 1.29 is 19.5 Å². The van der Waals surface area contributed by atoms with Gasteiger partial charge in [-0.05, 0) is 37.0 Å². The molecule has 6 heteroatoms. The van der Waals surface area contributed by atoms with Crippen molar-refractivity contribution in [3.05, 3.63) is 41.5 Å². The molecule has 2 amide bonds. The van der Waals surface area contributed by atoms with Gasteiger partial charge in [0.25, 0.3) is 5.91 Å².